The van der Waals surface area contributed by atoms with Gasteiger partial charge in [0.15, 0.2) is 0 Å². The van der Waals surface area contributed by atoms with E-state index >= 15 is 0 Å². The summed E-state index contributed by atoms with van der Waals surface area (Å²) in [5, 5.41) is 9.40. The Bertz CT molecular complexity index is 282. The summed E-state index contributed by atoms with van der Waals surface area (Å²) in [6, 6.07) is 0.177. The first-order valence-corrected chi connectivity index (χ1v) is 6.73. The number of fused-ring (bicyclic) bond motifs is 1. The van der Waals surface area contributed by atoms with Crippen LogP contribution in [0.4, 0.5) is 0 Å². The lowest BCUT2D eigenvalue weighted by Gasteiger charge is -2.30. The summed E-state index contributed by atoms with van der Waals surface area (Å²) < 4.78 is 5.62. The van der Waals surface area contributed by atoms with Crippen LogP contribution >= 0.6 is 0 Å². The molecule has 2 aliphatic heterocycles. The molecule has 1 N–H and O–H groups in total. The molecule has 4 nitrogen and oxygen atoms in total. The minimum atomic E-state index is -0.0305. The zero-order valence-electron chi connectivity index (χ0n) is 10.8. The van der Waals surface area contributed by atoms with Gasteiger partial charge in [-0.15, -0.1) is 0 Å². The van der Waals surface area contributed by atoms with Crippen LogP contribution in [0.25, 0.3) is 0 Å². The van der Waals surface area contributed by atoms with E-state index in [0.717, 1.165) is 32.3 Å². The number of hydrogen-bond donors (Lipinski definition) is 1. The van der Waals surface area contributed by atoms with Gasteiger partial charge in [-0.25, -0.2) is 0 Å². The van der Waals surface area contributed by atoms with Gasteiger partial charge in [0.1, 0.15) is 0 Å². The number of carbonyl (C=O) groups is 1. The van der Waals surface area contributed by atoms with Crippen molar-refractivity contribution in [3.05, 3.63) is 0 Å². The van der Waals surface area contributed by atoms with Crippen LogP contribution in [0.5, 0.6) is 0 Å². The Labute approximate surface area is 103 Å². The number of nitrogens with zero attached hydrogens (tertiary/aromatic N) is 1. The predicted molar refractivity (Wildman–Crippen MR) is 64.6 cm³/mol. The fourth-order valence-electron chi connectivity index (χ4n) is 3.15. The molecule has 4 unspecified atom stereocenters. The van der Waals surface area contributed by atoms with E-state index in [1.54, 1.807) is 0 Å². The summed E-state index contributed by atoms with van der Waals surface area (Å²) in [4.78, 5) is 14.3. The number of aliphatic hydroxyl groups is 1. The number of amides is 1. The first-order chi connectivity index (χ1) is 8.19. The van der Waals surface area contributed by atoms with E-state index in [-0.39, 0.29) is 36.6 Å². The van der Waals surface area contributed by atoms with Gasteiger partial charge in [0, 0.05) is 12.5 Å². The van der Waals surface area contributed by atoms with Crippen molar-refractivity contribution in [3.63, 3.8) is 0 Å². The summed E-state index contributed by atoms with van der Waals surface area (Å²) in [7, 11) is 0. The standard InChI is InChI=1S/C13H23NO3/c1-3-4-9(2)13(16)14-10(8-15)7-12-11(14)5-6-17-12/h9-12,15H,3-8H2,1-2H3. The molecule has 0 bridgehead atoms. The summed E-state index contributed by atoms with van der Waals surface area (Å²) >= 11 is 0. The van der Waals surface area contributed by atoms with Gasteiger partial charge in [-0.05, 0) is 19.3 Å². The molecule has 2 fully saturated rings. The van der Waals surface area contributed by atoms with Crippen LogP contribution in [0, 0.1) is 5.92 Å². The van der Waals surface area contributed by atoms with Crippen LogP contribution in [0.2, 0.25) is 0 Å². The third kappa shape index (κ3) is 2.33. The van der Waals surface area contributed by atoms with E-state index in [9.17, 15) is 9.90 Å². The Morgan fingerprint density at radius 2 is 2.35 bits per heavy atom. The van der Waals surface area contributed by atoms with Gasteiger partial charge < -0.3 is 14.7 Å². The van der Waals surface area contributed by atoms with Crippen molar-refractivity contribution >= 4 is 5.91 Å². The van der Waals surface area contributed by atoms with Gasteiger partial charge >= 0.3 is 0 Å². The molecule has 2 saturated heterocycles. The molecule has 0 aromatic carbocycles. The first kappa shape index (κ1) is 12.8. The topological polar surface area (TPSA) is 49.8 Å². The maximum atomic E-state index is 12.4. The summed E-state index contributed by atoms with van der Waals surface area (Å²) in [5.74, 6) is 0.261. The summed E-state index contributed by atoms with van der Waals surface area (Å²) in [6.07, 6.45) is 3.82. The van der Waals surface area contributed by atoms with Crippen LogP contribution < -0.4 is 0 Å². The highest BCUT2D eigenvalue weighted by atomic mass is 16.5. The van der Waals surface area contributed by atoms with Crippen molar-refractivity contribution in [2.75, 3.05) is 13.2 Å². The lowest BCUT2D eigenvalue weighted by molar-refractivity contribution is -0.139. The molecule has 98 valence electrons. The lowest BCUT2D eigenvalue weighted by Crippen LogP contribution is -2.45. The van der Waals surface area contributed by atoms with Crippen molar-refractivity contribution < 1.29 is 14.6 Å². The number of carbonyl (C=O) groups excluding carboxylic acids is 1. The Kier molecular flexibility index (Phi) is 4.05. The van der Waals surface area contributed by atoms with E-state index in [4.69, 9.17) is 4.74 Å². The molecule has 0 aromatic heterocycles. The van der Waals surface area contributed by atoms with Crippen molar-refractivity contribution in [3.8, 4) is 0 Å². The molecule has 4 atom stereocenters. The van der Waals surface area contributed by atoms with E-state index < -0.39 is 0 Å². The van der Waals surface area contributed by atoms with Crippen LogP contribution in [0.1, 0.15) is 39.5 Å². The Hall–Kier alpha value is -0.610. The largest absolute Gasteiger partial charge is 0.394 e. The van der Waals surface area contributed by atoms with E-state index in [2.05, 4.69) is 6.92 Å². The molecule has 0 radical (unpaired) electrons. The number of likely N-dealkylation sites (tertiary alicyclic amines) is 1. The molecule has 1 amide bonds. The van der Waals surface area contributed by atoms with Gasteiger partial charge in [-0.2, -0.15) is 0 Å². The minimum absolute atomic E-state index is 0.0305. The Morgan fingerprint density at radius 3 is 3.00 bits per heavy atom. The molecule has 0 aromatic rings. The molecule has 2 heterocycles. The van der Waals surface area contributed by atoms with Gasteiger partial charge in [-0.3, -0.25) is 4.79 Å². The third-order valence-corrected chi connectivity index (χ3v) is 4.04. The SMILES string of the molecule is CCCC(C)C(=O)N1C(CO)CC2OCCC21. The Morgan fingerprint density at radius 1 is 1.59 bits per heavy atom. The van der Waals surface area contributed by atoms with Crippen molar-refractivity contribution in [1.29, 1.82) is 0 Å². The smallest absolute Gasteiger partial charge is 0.226 e. The average Bonchev–Trinajstić information content (AvgIpc) is 2.87. The second kappa shape index (κ2) is 5.36. The fraction of sp³-hybridized carbons (Fsp3) is 0.923. The monoisotopic (exact) mass is 241 g/mol. The van der Waals surface area contributed by atoms with Gasteiger partial charge in [0.2, 0.25) is 5.91 Å². The van der Waals surface area contributed by atoms with Crippen molar-refractivity contribution in [2.24, 2.45) is 5.92 Å². The number of rotatable bonds is 4. The summed E-state index contributed by atoms with van der Waals surface area (Å²) in [5.41, 5.74) is 0. The predicted octanol–water partition coefficient (Wildman–Crippen LogP) is 1.17. The van der Waals surface area contributed by atoms with Gasteiger partial charge in [0.25, 0.3) is 0 Å². The van der Waals surface area contributed by atoms with Crippen LogP contribution in [-0.2, 0) is 9.53 Å². The zero-order chi connectivity index (χ0) is 12.4. The van der Waals surface area contributed by atoms with Crippen LogP contribution in [-0.4, -0.2) is 47.3 Å². The third-order valence-electron chi connectivity index (χ3n) is 4.04. The second-order valence-corrected chi connectivity index (χ2v) is 5.27. The Balaban J connectivity index is 2.08. The van der Waals surface area contributed by atoms with E-state index in [1.807, 2.05) is 11.8 Å². The quantitative estimate of drug-likeness (QED) is 0.804. The minimum Gasteiger partial charge on any atom is -0.394 e. The highest BCUT2D eigenvalue weighted by molar-refractivity contribution is 5.79. The highest BCUT2D eigenvalue weighted by Crippen LogP contribution is 2.34. The normalized spacial score (nSPS) is 33.8. The highest BCUT2D eigenvalue weighted by Gasteiger charge is 2.47. The molecule has 0 saturated carbocycles. The molecule has 4 heteroatoms. The van der Waals surface area contributed by atoms with Gasteiger partial charge in [-0.1, -0.05) is 20.3 Å². The fourth-order valence-corrected chi connectivity index (χ4v) is 3.15. The molecule has 2 aliphatic rings. The maximum absolute atomic E-state index is 12.4. The second-order valence-electron chi connectivity index (χ2n) is 5.27. The zero-order valence-corrected chi connectivity index (χ0v) is 10.8. The molecule has 2 rings (SSSR count). The molecule has 0 aliphatic carbocycles. The summed E-state index contributed by atoms with van der Waals surface area (Å²) in [6.45, 7) is 4.89. The molecule has 17 heavy (non-hydrogen) atoms. The van der Waals surface area contributed by atoms with E-state index in [1.165, 1.54) is 0 Å². The maximum Gasteiger partial charge on any atom is 0.226 e. The average molecular weight is 241 g/mol. The van der Waals surface area contributed by atoms with Crippen molar-refractivity contribution in [2.45, 2.75) is 57.7 Å². The number of hydrogen-bond acceptors (Lipinski definition) is 3. The molecule has 0 spiro atoms. The van der Waals surface area contributed by atoms with Gasteiger partial charge in [0.05, 0.1) is 24.8 Å². The van der Waals surface area contributed by atoms with Crippen LogP contribution in [0.15, 0.2) is 0 Å². The van der Waals surface area contributed by atoms with Crippen molar-refractivity contribution in [1.82, 2.24) is 4.90 Å². The molecular weight excluding hydrogens is 218 g/mol. The number of ether oxygens (including phenoxy) is 1. The van der Waals surface area contributed by atoms with E-state index in [0.29, 0.717) is 0 Å². The first-order valence-electron chi connectivity index (χ1n) is 6.73. The van der Waals surface area contributed by atoms with Crippen LogP contribution in [0.3, 0.4) is 0 Å². The number of aliphatic hydroxyl groups excluding tert-OH is 1. The molecular formula is C13H23NO3. The lowest BCUT2D eigenvalue weighted by atomic mass is 10.0.